The Morgan fingerprint density at radius 3 is 2.56 bits per heavy atom. The Bertz CT molecular complexity index is 472. The molecule has 18 heavy (non-hydrogen) atoms. The second-order valence-electron chi connectivity index (χ2n) is 6.08. The quantitative estimate of drug-likeness (QED) is 0.492. The van der Waals surface area contributed by atoms with Crippen molar-refractivity contribution in [1.29, 1.82) is 0 Å². The molecule has 3 heteroatoms. The second kappa shape index (κ2) is 5.58. The molecule has 1 heterocycles. The van der Waals surface area contributed by atoms with Crippen molar-refractivity contribution in [3.05, 3.63) is 23.4 Å². The SMILES string of the molecule is C#CC[C@@H](Cc1c([Si](C)(C)C)n[nH]c1C)C(=C)C. The average Bonchev–Trinajstić information content (AvgIpc) is 2.59. The first-order valence-electron chi connectivity index (χ1n) is 6.40. The molecule has 2 nitrogen and oxygen atoms in total. The van der Waals surface area contributed by atoms with E-state index in [0.29, 0.717) is 5.92 Å². The van der Waals surface area contributed by atoms with Crippen LogP contribution in [0.3, 0.4) is 0 Å². The molecule has 98 valence electrons. The molecule has 1 N–H and O–H groups in total. The van der Waals surface area contributed by atoms with Gasteiger partial charge in [0.2, 0.25) is 0 Å². The highest BCUT2D eigenvalue weighted by atomic mass is 28.3. The topological polar surface area (TPSA) is 28.7 Å². The standard InChI is InChI=1S/C15H24N2Si/c1-8-9-13(11(2)3)10-14-12(4)16-17-15(14)18(5,6)7/h1,13H,2,9-10H2,3-7H3,(H,16,17)/t13-/m0/s1. The fourth-order valence-electron chi connectivity index (χ4n) is 2.13. The first kappa shape index (κ1) is 14.8. The molecule has 0 saturated heterocycles. The Morgan fingerprint density at radius 2 is 2.11 bits per heavy atom. The number of aryl methyl sites for hydroxylation is 1. The Kier molecular flexibility index (Phi) is 4.58. The smallest absolute Gasteiger partial charge is 0.104 e. The number of aromatic amines is 1. The lowest BCUT2D eigenvalue weighted by atomic mass is 9.91. The zero-order chi connectivity index (χ0) is 13.9. The Balaban J connectivity index is 3.07. The molecule has 0 radical (unpaired) electrons. The van der Waals surface area contributed by atoms with E-state index in [0.717, 1.165) is 18.4 Å². The number of hydrogen-bond acceptors (Lipinski definition) is 1. The highest BCUT2D eigenvalue weighted by molar-refractivity contribution is 6.88. The van der Waals surface area contributed by atoms with Gasteiger partial charge in [-0.3, -0.25) is 5.10 Å². The van der Waals surface area contributed by atoms with Gasteiger partial charge in [-0.15, -0.1) is 12.3 Å². The second-order valence-corrected chi connectivity index (χ2v) is 11.1. The summed E-state index contributed by atoms with van der Waals surface area (Å²) < 4.78 is 0. The summed E-state index contributed by atoms with van der Waals surface area (Å²) in [4.78, 5) is 0. The number of terminal acetylenes is 1. The van der Waals surface area contributed by atoms with E-state index in [2.05, 4.69) is 56.2 Å². The van der Waals surface area contributed by atoms with E-state index in [1.807, 2.05) is 0 Å². The molecule has 0 aliphatic rings. The van der Waals surface area contributed by atoms with Crippen LogP contribution in [0.25, 0.3) is 0 Å². The first-order chi connectivity index (χ1) is 8.27. The molecule has 0 saturated carbocycles. The van der Waals surface area contributed by atoms with E-state index in [1.54, 1.807) is 0 Å². The van der Waals surface area contributed by atoms with Crippen LogP contribution in [0.2, 0.25) is 19.6 Å². The number of nitrogens with one attached hydrogen (secondary N) is 1. The van der Waals surface area contributed by atoms with Crippen molar-refractivity contribution in [3.63, 3.8) is 0 Å². The van der Waals surface area contributed by atoms with Crippen molar-refractivity contribution in [3.8, 4) is 12.3 Å². The molecule has 1 aromatic rings. The molecule has 0 unspecified atom stereocenters. The van der Waals surface area contributed by atoms with Gasteiger partial charge in [0.1, 0.15) is 8.07 Å². The number of aromatic nitrogens is 2. The molecule has 0 aliphatic carbocycles. The Labute approximate surface area is 112 Å². The maximum atomic E-state index is 5.45. The van der Waals surface area contributed by atoms with Crippen molar-refractivity contribution < 1.29 is 0 Å². The molecule has 0 spiro atoms. The van der Waals surface area contributed by atoms with Crippen LogP contribution < -0.4 is 5.32 Å². The lowest BCUT2D eigenvalue weighted by Gasteiger charge is -2.19. The van der Waals surface area contributed by atoms with E-state index in [9.17, 15) is 0 Å². The van der Waals surface area contributed by atoms with Gasteiger partial charge in [-0.2, -0.15) is 5.10 Å². The van der Waals surface area contributed by atoms with Gasteiger partial charge >= 0.3 is 0 Å². The molecular weight excluding hydrogens is 236 g/mol. The van der Waals surface area contributed by atoms with Gasteiger partial charge in [0.25, 0.3) is 0 Å². The summed E-state index contributed by atoms with van der Waals surface area (Å²) in [5, 5.41) is 8.93. The van der Waals surface area contributed by atoms with Crippen molar-refractivity contribution in [2.24, 2.45) is 5.92 Å². The summed E-state index contributed by atoms with van der Waals surface area (Å²) >= 11 is 0. The van der Waals surface area contributed by atoms with Crippen LogP contribution in [-0.2, 0) is 6.42 Å². The van der Waals surface area contributed by atoms with Gasteiger partial charge in [0, 0.05) is 17.4 Å². The van der Waals surface area contributed by atoms with Crippen molar-refractivity contribution in [2.75, 3.05) is 0 Å². The van der Waals surface area contributed by atoms with E-state index < -0.39 is 8.07 Å². The predicted molar refractivity (Wildman–Crippen MR) is 81.8 cm³/mol. The predicted octanol–water partition coefficient (Wildman–Crippen LogP) is 3.02. The van der Waals surface area contributed by atoms with Crippen molar-refractivity contribution >= 4 is 13.4 Å². The number of hydrogen-bond donors (Lipinski definition) is 1. The van der Waals surface area contributed by atoms with Crippen LogP contribution >= 0.6 is 0 Å². The first-order valence-corrected chi connectivity index (χ1v) is 9.90. The van der Waals surface area contributed by atoms with Crippen molar-refractivity contribution in [2.45, 2.75) is 46.3 Å². The minimum atomic E-state index is -1.41. The molecule has 0 aliphatic heterocycles. The monoisotopic (exact) mass is 260 g/mol. The van der Waals surface area contributed by atoms with Crippen molar-refractivity contribution in [1.82, 2.24) is 10.2 Å². The summed E-state index contributed by atoms with van der Waals surface area (Å²) in [5.74, 6) is 3.12. The average molecular weight is 260 g/mol. The number of rotatable bonds is 5. The molecule has 1 rings (SSSR count). The molecular formula is C15H24N2Si. The van der Waals surface area contributed by atoms with E-state index in [4.69, 9.17) is 6.42 Å². The van der Waals surface area contributed by atoms with Gasteiger partial charge in [0.15, 0.2) is 0 Å². The summed E-state index contributed by atoms with van der Waals surface area (Å²) in [6, 6.07) is 0. The normalized spacial score (nSPS) is 13.1. The van der Waals surface area contributed by atoms with Crippen LogP contribution in [0, 0.1) is 25.2 Å². The Morgan fingerprint density at radius 1 is 1.50 bits per heavy atom. The van der Waals surface area contributed by atoms with E-state index >= 15 is 0 Å². The number of allylic oxidation sites excluding steroid dienone is 1. The highest BCUT2D eigenvalue weighted by Crippen LogP contribution is 2.20. The fraction of sp³-hybridized carbons (Fsp3) is 0.533. The molecule has 1 atom stereocenters. The number of nitrogens with zero attached hydrogens (tertiary/aromatic N) is 1. The minimum absolute atomic E-state index is 0.362. The highest BCUT2D eigenvalue weighted by Gasteiger charge is 2.26. The Hall–Kier alpha value is -1.27. The summed E-state index contributed by atoms with van der Waals surface area (Å²) in [6.07, 6.45) is 7.17. The van der Waals surface area contributed by atoms with Crippen LogP contribution in [0.5, 0.6) is 0 Å². The molecule has 0 aromatic carbocycles. The summed E-state index contributed by atoms with van der Waals surface area (Å²) in [6.45, 7) is 15.2. The zero-order valence-electron chi connectivity index (χ0n) is 12.2. The van der Waals surface area contributed by atoms with Gasteiger partial charge in [0.05, 0.1) is 0 Å². The van der Waals surface area contributed by atoms with Gasteiger partial charge in [-0.05, 0) is 31.7 Å². The van der Waals surface area contributed by atoms with Gasteiger partial charge in [-0.1, -0.05) is 31.8 Å². The summed E-state index contributed by atoms with van der Waals surface area (Å²) in [5.41, 5.74) is 3.70. The molecule has 1 aromatic heterocycles. The van der Waals surface area contributed by atoms with E-state index in [1.165, 1.54) is 16.6 Å². The molecule has 0 fully saturated rings. The van der Waals surface area contributed by atoms with Crippen LogP contribution in [0.15, 0.2) is 12.2 Å². The third-order valence-electron chi connectivity index (χ3n) is 3.30. The fourth-order valence-corrected chi connectivity index (χ4v) is 3.72. The van der Waals surface area contributed by atoms with Gasteiger partial charge in [-0.25, -0.2) is 0 Å². The maximum absolute atomic E-state index is 5.45. The molecule has 0 amide bonds. The van der Waals surface area contributed by atoms with Crippen LogP contribution in [0.4, 0.5) is 0 Å². The molecule has 0 bridgehead atoms. The largest absolute Gasteiger partial charge is 0.283 e. The number of H-pyrrole nitrogens is 1. The van der Waals surface area contributed by atoms with Crippen LogP contribution in [0.1, 0.15) is 24.6 Å². The zero-order valence-corrected chi connectivity index (χ0v) is 13.2. The third kappa shape index (κ3) is 3.36. The minimum Gasteiger partial charge on any atom is -0.283 e. The third-order valence-corrected chi connectivity index (χ3v) is 5.13. The van der Waals surface area contributed by atoms with Gasteiger partial charge < -0.3 is 0 Å². The summed E-state index contributed by atoms with van der Waals surface area (Å²) in [7, 11) is -1.41. The lowest BCUT2D eigenvalue weighted by molar-refractivity contribution is 0.631. The van der Waals surface area contributed by atoms with E-state index in [-0.39, 0.29) is 0 Å². The maximum Gasteiger partial charge on any atom is 0.104 e. The van der Waals surface area contributed by atoms with Crippen LogP contribution in [-0.4, -0.2) is 18.3 Å². The lowest BCUT2D eigenvalue weighted by Crippen LogP contribution is -2.41.